The highest BCUT2D eigenvalue weighted by molar-refractivity contribution is 5.83. The number of para-hydroxylation sites is 1. The lowest BCUT2D eigenvalue weighted by atomic mass is 10.1. The van der Waals surface area contributed by atoms with E-state index >= 15 is 0 Å². The van der Waals surface area contributed by atoms with Crippen molar-refractivity contribution < 1.29 is 9.21 Å². The third kappa shape index (κ3) is 1.75. The molecule has 0 radical (unpaired) electrons. The second kappa shape index (κ2) is 3.90. The lowest BCUT2D eigenvalue weighted by Gasteiger charge is -2.07. The Kier molecular flexibility index (Phi) is 2.58. The maximum atomic E-state index is 11.7. The summed E-state index contributed by atoms with van der Waals surface area (Å²) >= 11 is 0. The fourth-order valence-electron chi connectivity index (χ4n) is 1.48. The third-order valence-corrected chi connectivity index (χ3v) is 2.40. The van der Waals surface area contributed by atoms with Crippen LogP contribution in [0.15, 0.2) is 39.5 Å². The number of ketones is 1. The zero-order chi connectivity index (χ0) is 11.7. The Bertz CT molecular complexity index is 600. The Morgan fingerprint density at radius 1 is 1.38 bits per heavy atom. The van der Waals surface area contributed by atoms with E-state index < -0.39 is 6.04 Å². The maximum absolute atomic E-state index is 11.7. The predicted molar refractivity (Wildman–Crippen MR) is 60.1 cm³/mol. The fourth-order valence-corrected chi connectivity index (χ4v) is 1.48. The van der Waals surface area contributed by atoms with E-state index in [1.54, 1.807) is 24.3 Å². The van der Waals surface area contributed by atoms with Gasteiger partial charge >= 0.3 is 0 Å². The van der Waals surface area contributed by atoms with Crippen molar-refractivity contribution in [3.8, 4) is 0 Å². The Balaban J connectivity index is 2.67. The largest absolute Gasteiger partial charge is 0.459 e. The van der Waals surface area contributed by atoms with Crippen molar-refractivity contribution in [3.63, 3.8) is 0 Å². The first-order valence-corrected chi connectivity index (χ1v) is 4.88. The van der Waals surface area contributed by atoms with Gasteiger partial charge in [-0.3, -0.25) is 9.59 Å². The standard InChI is InChI=1S/C12H11NO3/c1-7(14)12(13)11-6-9(15)8-4-2-3-5-10(8)16-11/h2-6,12H,13H2,1H3. The average Bonchev–Trinajstić information content (AvgIpc) is 2.28. The van der Waals surface area contributed by atoms with E-state index in [4.69, 9.17) is 10.2 Å². The second-order valence-corrected chi connectivity index (χ2v) is 3.60. The molecule has 0 amide bonds. The molecule has 1 aromatic heterocycles. The Hall–Kier alpha value is -1.94. The molecular weight excluding hydrogens is 206 g/mol. The summed E-state index contributed by atoms with van der Waals surface area (Å²) < 4.78 is 5.42. The second-order valence-electron chi connectivity index (χ2n) is 3.60. The van der Waals surface area contributed by atoms with Gasteiger partial charge in [0.15, 0.2) is 11.2 Å². The van der Waals surface area contributed by atoms with E-state index in [1.807, 2.05) is 0 Å². The molecule has 4 nitrogen and oxygen atoms in total. The molecule has 0 aliphatic carbocycles. The van der Waals surface area contributed by atoms with Crippen LogP contribution in [-0.2, 0) is 4.79 Å². The van der Waals surface area contributed by atoms with Gasteiger partial charge in [-0.1, -0.05) is 12.1 Å². The number of fused-ring (bicyclic) bond motifs is 1. The van der Waals surface area contributed by atoms with Crippen molar-refractivity contribution in [3.05, 3.63) is 46.3 Å². The monoisotopic (exact) mass is 217 g/mol. The van der Waals surface area contributed by atoms with Gasteiger partial charge in [-0.05, 0) is 19.1 Å². The van der Waals surface area contributed by atoms with Crippen LogP contribution in [0.4, 0.5) is 0 Å². The molecule has 0 saturated carbocycles. The molecule has 1 atom stereocenters. The number of rotatable bonds is 2. The van der Waals surface area contributed by atoms with Gasteiger partial charge in [0.1, 0.15) is 17.4 Å². The van der Waals surface area contributed by atoms with Gasteiger partial charge in [0.25, 0.3) is 0 Å². The normalized spacial score (nSPS) is 12.6. The van der Waals surface area contributed by atoms with Crippen molar-refractivity contribution in [1.29, 1.82) is 0 Å². The van der Waals surface area contributed by atoms with Crippen molar-refractivity contribution in [2.45, 2.75) is 13.0 Å². The zero-order valence-corrected chi connectivity index (χ0v) is 8.77. The average molecular weight is 217 g/mol. The van der Waals surface area contributed by atoms with Gasteiger partial charge in [0, 0.05) is 6.07 Å². The van der Waals surface area contributed by atoms with E-state index in [0.29, 0.717) is 11.0 Å². The van der Waals surface area contributed by atoms with E-state index in [1.165, 1.54) is 13.0 Å². The summed E-state index contributed by atoms with van der Waals surface area (Å²) in [6.07, 6.45) is 0. The minimum atomic E-state index is -0.877. The van der Waals surface area contributed by atoms with Crippen molar-refractivity contribution in [2.75, 3.05) is 0 Å². The SMILES string of the molecule is CC(=O)C(N)c1cc(=O)c2ccccc2o1. The van der Waals surface area contributed by atoms with Crippen LogP contribution in [0, 0.1) is 0 Å². The van der Waals surface area contributed by atoms with E-state index in [0.717, 1.165) is 0 Å². The summed E-state index contributed by atoms with van der Waals surface area (Å²) in [6.45, 7) is 1.36. The van der Waals surface area contributed by atoms with Gasteiger partial charge in [0.05, 0.1) is 5.39 Å². The van der Waals surface area contributed by atoms with E-state index in [-0.39, 0.29) is 17.0 Å². The molecule has 2 N–H and O–H groups in total. The lowest BCUT2D eigenvalue weighted by molar-refractivity contribution is -0.118. The molecule has 0 saturated heterocycles. The fraction of sp³-hybridized carbons (Fsp3) is 0.167. The molecule has 2 aromatic rings. The summed E-state index contributed by atoms with van der Waals surface area (Å²) in [6, 6.07) is 7.25. The summed E-state index contributed by atoms with van der Waals surface area (Å²) in [4.78, 5) is 22.8. The van der Waals surface area contributed by atoms with Gasteiger partial charge in [-0.15, -0.1) is 0 Å². The molecule has 82 valence electrons. The van der Waals surface area contributed by atoms with Crippen LogP contribution in [-0.4, -0.2) is 5.78 Å². The van der Waals surface area contributed by atoms with Crippen LogP contribution in [0.5, 0.6) is 0 Å². The zero-order valence-electron chi connectivity index (χ0n) is 8.77. The predicted octanol–water partition coefficient (Wildman–Crippen LogP) is 1.38. The van der Waals surface area contributed by atoms with E-state index in [9.17, 15) is 9.59 Å². The van der Waals surface area contributed by atoms with Crippen LogP contribution in [0.2, 0.25) is 0 Å². The van der Waals surface area contributed by atoms with Crippen molar-refractivity contribution in [2.24, 2.45) is 5.73 Å². The molecule has 4 heteroatoms. The topological polar surface area (TPSA) is 73.3 Å². The first-order valence-electron chi connectivity index (χ1n) is 4.88. The number of hydrogen-bond donors (Lipinski definition) is 1. The van der Waals surface area contributed by atoms with E-state index in [2.05, 4.69) is 0 Å². The lowest BCUT2D eigenvalue weighted by Crippen LogP contribution is -2.20. The van der Waals surface area contributed by atoms with Crippen LogP contribution in [0.3, 0.4) is 0 Å². The molecule has 2 rings (SSSR count). The summed E-state index contributed by atoms with van der Waals surface area (Å²) in [7, 11) is 0. The Morgan fingerprint density at radius 2 is 2.06 bits per heavy atom. The first-order chi connectivity index (χ1) is 7.59. The van der Waals surface area contributed by atoms with Gasteiger partial charge in [0.2, 0.25) is 0 Å². The minimum absolute atomic E-state index is 0.187. The third-order valence-electron chi connectivity index (χ3n) is 2.40. The summed E-state index contributed by atoms with van der Waals surface area (Å²) in [5, 5.41) is 0.488. The maximum Gasteiger partial charge on any atom is 0.193 e. The van der Waals surface area contributed by atoms with Crippen molar-refractivity contribution in [1.82, 2.24) is 0 Å². The van der Waals surface area contributed by atoms with Gasteiger partial charge in [-0.25, -0.2) is 0 Å². The highest BCUT2D eigenvalue weighted by Gasteiger charge is 2.15. The molecule has 1 unspecified atom stereocenters. The first kappa shape index (κ1) is 10.6. The Morgan fingerprint density at radius 3 is 2.75 bits per heavy atom. The number of benzene rings is 1. The quantitative estimate of drug-likeness (QED) is 0.824. The number of hydrogen-bond acceptors (Lipinski definition) is 4. The molecule has 0 spiro atoms. The van der Waals surface area contributed by atoms with Gasteiger partial charge < -0.3 is 10.2 Å². The smallest absolute Gasteiger partial charge is 0.193 e. The molecule has 1 aromatic carbocycles. The van der Waals surface area contributed by atoms with Crippen LogP contribution >= 0.6 is 0 Å². The highest BCUT2D eigenvalue weighted by Crippen LogP contribution is 2.16. The number of nitrogens with two attached hydrogens (primary N) is 1. The number of Topliss-reactive ketones (excluding diaryl/α,β-unsaturated/α-hetero) is 1. The van der Waals surface area contributed by atoms with Crippen LogP contribution < -0.4 is 11.2 Å². The van der Waals surface area contributed by atoms with Gasteiger partial charge in [-0.2, -0.15) is 0 Å². The molecule has 1 heterocycles. The molecule has 16 heavy (non-hydrogen) atoms. The van der Waals surface area contributed by atoms with Crippen molar-refractivity contribution >= 4 is 16.8 Å². The Labute approximate surface area is 91.7 Å². The number of carbonyl (C=O) groups excluding carboxylic acids is 1. The molecule has 0 fully saturated rings. The minimum Gasteiger partial charge on any atom is -0.459 e. The molecule has 0 aliphatic rings. The molecule has 0 bridgehead atoms. The summed E-state index contributed by atoms with van der Waals surface area (Å²) in [5.74, 6) is -0.0327. The van der Waals surface area contributed by atoms with Crippen LogP contribution in [0.25, 0.3) is 11.0 Å². The van der Waals surface area contributed by atoms with Crippen LogP contribution in [0.1, 0.15) is 18.7 Å². The highest BCUT2D eigenvalue weighted by atomic mass is 16.3. The molecular formula is C12H11NO3. The summed E-state index contributed by atoms with van der Waals surface area (Å²) in [5.41, 5.74) is 5.88. The molecule has 0 aliphatic heterocycles. The number of carbonyl (C=O) groups is 1.